The van der Waals surface area contributed by atoms with Crippen LogP contribution in [0.4, 0.5) is 0 Å². The average Bonchev–Trinajstić information content (AvgIpc) is 3.31. The Morgan fingerprint density at radius 1 is 1.00 bits per heavy atom. The fraction of sp³-hybridized carbons (Fsp3) is 0.227. The number of fused-ring (bicyclic) bond motifs is 2. The highest BCUT2D eigenvalue weighted by Crippen LogP contribution is 2.27. The van der Waals surface area contributed by atoms with Gasteiger partial charge in [0.2, 0.25) is 5.91 Å². The van der Waals surface area contributed by atoms with Crippen LogP contribution in [0.1, 0.15) is 24.0 Å². The Bertz CT molecular complexity index is 1080. The first-order valence-electron chi connectivity index (χ1n) is 9.29. The SMILES string of the molecule is CC(c1c[nH]c2ccccc12)C(N)C(=O)NCCc1c[nH]c2ccccc12. The summed E-state index contributed by atoms with van der Waals surface area (Å²) in [6.45, 7) is 2.56. The number of para-hydroxylation sites is 2. The smallest absolute Gasteiger partial charge is 0.237 e. The number of carbonyl (C=O) groups is 1. The molecular formula is C22H24N4O. The largest absolute Gasteiger partial charge is 0.361 e. The van der Waals surface area contributed by atoms with E-state index in [9.17, 15) is 4.79 Å². The molecule has 0 bridgehead atoms. The summed E-state index contributed by atoms with van der Waals surface area (Å²) in [6.07, 6.45) is 4.73. The van der Waals surface area contributed by atoms with Gasteiger partial charge in [-0.2, -0.15) is 0 Å². The number of aromatic nitrogens is 2. The number of nitrogens with one attached hydrogen (secondary N) is 3. The van der Waals surface area contributed by atoms with Crippen molar-refractivity contribution in [2.24, 2.45) is 5.73 Å². The number of H-pyrrole nitrogens is 2. The first kappa shape index (κ1) is 17.4. The predicted octanol–water partition coefficient (Wildman–Crippen LogP) is 3.44. The number of rotatable bonds is 6. The van der Waals surface area contributed by atoms with Crippen molar-refractivity contribution >= 4 is 27.7 Å². The molecule has 2 atom stereocenters. The van der Waals surface area contributed by atoms with E-state index in [2.05, 4.69) is 33.5 Å². The van der Waals surface area contributed by atoms with E-state index in [0.717, 1.165) is 28.4 Å². The van der Waals surface area contributed by atoms with E-state index < -0.39 is 6.04 Å². The third-order valence-electron chi connectivity index (χ3n) is 5.32. The van der Waals surface area contributed by atoms with Gasteiger partial charge < -0.3 is 21.0 Å². The van der Waals surface area contributed by atoms with E-state index in [4.69, 9.17) is 5.73 Å². The second-order valence-electron chi connectivity index (χ2n) is 7.00. The van der Waals surface area contributed by atoms with Gasteiger partial charge in [0.25, 0.3) is 0 Å². The normalized spacial score (nSPS) is 13.7. The van der Waals surface area contributed by atoms with Crippen LogP contribution in [0, 0.1) is 0 Å². The highest BCUT2D eigenvalue weighted by atomic mass is 16.2. The van der Waals surface area contributed by atoms with E-state index in [1.54, 1.807) is 0 Å². The van der Waals surface area contributed by atoms with Crippen LogP contribution in [0.5, 0.6) is 0 Å². The zero-order chi connectivity index (χ0) is 18.8. The van der Waals surface area contributed by atoms with Gasteiger partial charge in [-0.05, 0) is 29.7 Å². The molecule has 2 aromatic carbocycles. The Morgan fingerprint density at radius 2 is 1.63 bits per heavy atom. The topological polar surface area (TPSA) is 86.7 Å². The molecule has 1 amide bonds. The summed E-state index contributed by atoms with van der Waals surface area (Å²) in [6, 6.07) is 15.7. The molecule has 2 unspecified atom stereocenters. The van der Waals surface area contributed by atoms with Crippen molar-refractivity contribution in [1.29, 1.82) is 0 Å². The van der Waals surface area contributed by atoms with Crippen molar-refractivity contribution in [3.8, 4) is 0 Å². The molecule has 27 heavy (non-hydrogen) atoms. The number of aromatic amines is 2. The quantitative estimate of drug-likeness (QED) is 0.424. The molecule has 0 saturated heterocycles. The van der Waals surface area contributed by atoms with Crippen molar-refractivity contribution in [3.05, 3.63) is 72.1 Å². The van der Waals surface area contributed by atoms with E-state index in [1.807, 2.05) is 49.6 Å². The van der Waals surface area contributed by atoms with E-state index in [1.165, 1.54) is 10.9 Å². The Kier molecular flexibility index (Phi) is 4.69. The lowest BCUT2D eigenvalue weighted by atomic mass is 9.93. The van der Waals surface area contributed by atoms with Crippen LogP contribution in [0.2, 0.25) is 0 Å². The molecule has 0 spiro atoms. The summed E-state index contributed by atoms with van der Waals surface area (Å²) in [4.78, 5) is 19.1. The van der Waals surface area contributed by atoms with Crippen LogP contribution in [-0.4, -0.2) is 28.5 Å². The van der Waals surface area contributed by atoms with Crippen molar-refractivity contribution in [1.82, 2.24) is 15.3 Å². The van der Waals surface area contributed by atoms with Crippen LogP contribution >= 0.6 is 0 Å². The molecule has 0 fully saturated rings. The van der Waals surface area contributed by atoms with Crippen molar-refractivity contribution in [3.63, 3.8) is 0 Å². The minimum Gasteiger partial charge on any atom is -0.361 e. The van der Waals surface area contributed by atoms with Gasteiger partial charge in [-0.15, -0.1) is 0 Å². The molecule has 0 aliphatic rings. The molecule has 5 N–H and O–H groups in total. The minimum absolute atomic E-state index is 0.0748. The summed E-state index contributed by atoms with van der Waals surface area (Å²) in [5.74, 6) is -0.193. The fourth-order valence-corrected chi connectivity index (χ4v) is 3.67. The van der Waals surface area contributed by atoms with Gasteiger partial charge in [-0.25, -0.2) is 0 Å². The van der Waals surface area contributed by atoms with Crippen molar-refractivity contribution in [2.75, 3.05) is 6.54 Å². The number of amides is 1. The minimum atomic E-state index is -0.591. The van der Waals surface area contributed by atoms with Crippen LogP contribution in [0.3, 0.4) is 0 Å². The van der Waals surface area contributed by atoms with Gasteiger partial charge >= 0.3 is 0 Å². The lowest BCUT2D eigenvalue weighted by molar-refractivity contribution is -0.122. The molecule has 0 radical (unpaired) electrons. The molecule has 138 valence electrons. The van der Waals surface area contributed by atoms with Gasteiger partial charge in [0, 0.05) is 46.7 Å². The van der Waals surface area contributed by atoms with Crippen molar-refractivity contribution < 1.29 is 4.79 Å². The number of benzene rings is 2. The van der Waals surface area contributed by atoms with E-state index in [-0.39, 0.29) is 11.8 Å². The maximum atomic E-state index is 12.6. The van der Waals surface area contributed by atoms with Crippen LogP contribution < -0.4 is 11.1 Å². The van der Waals surface area contributed by atoms with Gasteiger partial charge in [0.1, 0.15) is 0 Å². The van der Waals surface area contributed by atoms with E-state index in [0.29, 0.717) is 6.54 Å². The highest BCUT2D eigenvalue weighted by molar-refractivity contribution is 5.87. The standard InChI is InChI=1S/C22H24N4O/c1-14(18-13-26-20-9-5-3-7-17(18)20)21(23)22(27)24-11-10-15-12-25-19-8-4-2-6-16(15)19/h2-9,12-14,21,25-26H,10-11,23H2,1H3,(H,24,27). The Balaban J connectivity index is 1.39. The molecule has 0 saturated carbocycles. The average molecular weight is 360 g/mol. The number of hydrogen-bond donors (Lipinski definition) is 4. The van der Waals surface area contributed by atoms with Crippen LogP contribution in [0.15, 0.2) is 60.9 Å². The maximum absolute atomic E-state index is 12.6. The molecule has 2 heterocycles. The zero-order valence-electron chi connectivity index (χ0n) is 15.3. The zero-order valence-corrected chi connectivity index (χ0v) is 15.3. The molecule has 2 aromatic heterocycles. The Hall–Kier alpha value is -3.05. The molecule has 5 nitrogen and oxygen atoms in total. The predicted molar refractivity (Wildman–Crippen MR) is 110 cm³/mol. The molecule has 0 aliphatic carbocycles. The van der Waals surface area contributed by atoms with Gasteiger partial charge in [-0.1, -0.05) is 43.3 Å². The van der Waals surface area contributed by atoms with Crippen molar-refractivity contribution in [2.45, 2.75) is 25.3 Å². The molecule has 0 aliphatic heterocycles. The maximum Gasteiger partial charge on any atom is 0.237 e. The summed E-state index contributed by atoms with van der Waals surface area (Å²) < 4.78 is 0. The third-order valence-corrected chi connectivity index (χ3v) is 5.32. The first-order valence-corrected chi connectivity index (χ1v) is 9.29. The Morgan fingerprint density at radius 3 is 2.41 bits per heavy atom. The molecule has 4 aromatic rings. The van der Waals surface area contributed by atoms with Gasteiger partial charge in [0.15, 0.2) is 0 Å². The summed E-state index contributed by atoms with van der Waals surface area (Å²) in [5, 5.41) is 5.30. The lowest BCUT2D eigenvalue weighted by Gasteiger charge is -2.19. The highest BCUT2D eigenvalue weighted by Gasteiger charge is 2.24. The van der Waals surface area contributed by atoms with Crippen LogP contribution in [0.25, 0.3) is 21.8 Å². The van der Waals surface area contributed by atoms with Gasteiger partial charge in [-0.3, -0.25) is 4.79 Å². The monoisotopic (exact) mass is 360 g/mol. The summed E-state index contributed by atoms with van der Waals surface area (Å²) in [7, 11) is 0. The summed E-state index contributed by atoms with van der Waals surface area (Å²) >= 11 is 0. The molecular weight excluding hydrogens is 336 g/mol. The second kappa shape index (κ2) is 7.29. The molecule has 5 heteroatoms. The number of carbonyl (C=O) groups excluding carboxylic acids is 1. The second-order valence-corrected chi connectivity index (χ2v) is 7.00. The lowest BCUT2D eigenvalue weighted by Crippen LogP contribution is -2.44. The number of nitrogens with two attached hydrogens (primary N) is 1. The molecule has 4 rings (SSSR count). The Labute approximate surface area is 158 Å². The first-order chi connectivity index (χ1) is 13.1. The summed E-state index contributed by atoms with van der Waals surface area (Å²) in [5.41, 5.74) is 10.7. The number of hydrogen-bond acceptors (Lipinski definition) is 2. The fourth-order valence-electron chi connectivity index (χ4n) is 3.67. The third kappa shape index (κ3) is 3.34. The van der Waals surface area contributed by atoms with Gasteiger partial charge in [0.05, 0.1) is 6.04 Å². The van der Waals surface area contributed by atoms with E-state index >= 15 is 0 Å². The van der Waals surface area contributed by atoms with Crippen LogP contribution in [-0.2, 0) is 11.2 Å².